The third-order valence-electron chi connectivity index (χ3n) is 1.70. The lowest BCUT2D eigenvalue weighted by Crippen LogP contribution is -2.07. The van der Waals surface area contributed by atoms with Crippen molar-refractivity contribution in [3.05, 3.63) is 21.7 Å². The van der Waals surface area contributed by atoms with E-state index in [1.165, 1.54) is 0 Å². The molecule has 0 aromatic carbocycles. The van der Waals surface area contributed by atoms with Crippen LogP contribution < -0.4 is 5.73 Å². The fourth-order valence-corrected chi connectivity index (χ4v) is 1.68. The van der Waals surface area contributed by atoms with Gasteiger partial charge in [-0.05, 0) is 9.91 Å². The molecule has 17 heavy (non-hydrogen) atoms. The Morgan fingerprint density at radius 2 is 2.06 bits per heavy atom. The molecule has 0 atom stereocenters. The van der Waals surface area contributed by atoms with Crippen LogP contribution in [0.1, 0.15) is 12.0 Å². The van der Waals surface area contributed by atoms with E-state index >= 15 is 0 Å². The van der Waals surface area contributed by atoms with Gasteiger partial charge in [-0.2, -0.15) is 0 Å². The zero-order valence-electron chi connectivity index (χ0n) is 7.80. The highest BCUT2D eigenvalue weighted by Crippen LogP contribution is 2.33. The normalized spacial score (nSPS) is 11.8. The van der Waals surface area contributed by atoms with Gasteiger partial charge in [0.1, 0.15) is 5.69 Å². The Morgan fingerprint density at radius 1 is 1.53 bits per heavy atom. The monoisotopic (exact) mass is 287 g/mol. The first-order valence-corrected chi connectivity index (χ1v) is 6.13. The molecule has 0 aliphatic rings. The minimum absolute atomic E-state index is 0.398. The third-order valence-corrected chi connectivity index (χ3v) is 2.89. The average molecular weight is 288 g/mol. The second-order valence-corrected chi connectivity index (χ2v) is 5.30. The van der Waals surface area contributed by atoms with Crippen molar-refractivity contribution in [2.24, 2.45) is 0 Å². The number of alkyl halides is 2. The van der Waals surface area contributed by atoms with E-state index in [1.807, 2.05) is 0 Å². The van der Waals surface area contributed by atoms with E-state index in [1.54, 1.807) is 0 Å². The molecule has 0 bridgehead atoms. The maximum Gasteiger partial charge on any atom is 0.388 e. The largest absolute Gasteiger partial charge is 0.391 e. The predicted octanol–water partition coefficient (Wildman–Crippen LogP) is 1.44. The summed E-state index contributed by atoms with van der Waals surface area (Å²) in [6.07, 6.45) is -3.19. The summed E-state index contributed by atoms with van der Waals surface area (Å²) >= 11 is 0. The second kappa shape index (κ2) is 4.37. The fraction of sp³-hybridized carbons (Fsp3) is 0.167. The molecule has 94 valence electrons. The highest BCUT2D eigenvalue weighted by atomic mass is 35.7. The van der Waals surface area contributed by atoms with Crippen LogP contribution in [0.5, 0.6) is 0 Å². The number of hydrogen-bond acceptors (Lipinski definition) is 6. The number of nitrogen functional groups attached to an aromatic ring is 1. The van der Waals surface area contributed by atoms with Crippen LogP contribution in [0.3, 0.4) is 0 Å². The molecule has 0 radical (unpaired) electrons. The molecule has 11 heteroatoms. The molecule has 0 aliphatic heterocycles. The molecule has 0 fully saturated rings. The summed E-state index contributed by atoms with van der Waals surface area (Å²) in [6, 6.07) is 0.398. The predicted molar refractivity (Wildman–Crippen MR) is 53.3 cm³/mol. The van der Waals surface area contributed by atoms with E-state index in [-0.39, 0.29) is 0 Å². The summed E-state index contributed by atoms with van der Waals surface area (Å²) in [7, 11) is 0.402. The highest BCUT2D eigenvalue weighted by molar-refractivity contribution is 8.13. The van der Waals surface area contributed by atoms with E-state index in [2.05, 4.69) is 4.98 Å². The van der Waals surface area contributed by atoms with Crippen LogP contribution in [-0.4, -0.2) is 18.3 Å². The zero-order chi connectivity index (χ0) is 13.4. The van der Waals surface area contributed by atoms with Crippen LogP contribution in [-0.2, 0) is 9.05 Å². The van der Waals surface area contributed by atoms with Crippen LogP contribution in [0.15, 0.2) is 11.1 Å². The molecule has 1 aromatic rings. The van der Waals surface area contributed by atoms with Crippen LogP contribution >= 0.6 is 10.7 Å². The second-order valence-electron chi connectivity index (χ2n) is 2.78. The molecule has 0 unspecified atom stereocenters. The van der Waals surface area contributed by atoms with Gasteiger partial charge in [0.2, 0.25) is 0 Å². The van der Waals surface area contributed by atoms with E-state index in [0.717, 1.165) is 0 Å². The van der Waals surface area contributed by atoms with Gasteiger partial charge in [-0.25, -0.2) is 17.2 Å². The van der Waals surface area contributed by atoms with Crippen molar-refractivity contribution in [2.45, 2.75) is 11.5 Å². The molecule has 0 aliphatic carbocycles. The summed E-state index contributed by atoms with van der Waals surface area (Å²) in [5.74, 6) is -1.18. The first kappa shape index (κ1) is 13.5. The van der Waals surface area contributed by atoms with Crippen molar-refractivity contribution in [1.29, 1.82) is 0 Å². The number of nitrogens with zero attached hydrogens (tertiary/aromatic N) is 2. The Bertz CT molecular complexity index is 577. The van der Waals surface area contributed by atoms with Crippen molar-refractivity contribution >= 4 is 31.2 Å². The topological polar surface area (TPSA) is 116 Å². The Labute approximate surface area is 97.8 Å². The van der Waals surface area contributed by atoms with E-state index in [4.69, 9.17) is 16.4 Å². The first-order valence-electron chi connectivity index (χ1n) is 3.82. The summed E-state index contributed by atoms with van der Waals surface area (Å²) in [5, 5.41) is 9.41. The number of aromatic nitrogens is 1. The average Bonchev–Trinajstić information content (AvgIpc) is 2.14. The Hall–Kier alpha value is -1.55. The molecule has 0 spiro atoms. The van der Waals surface area contributed by atoms with Gasteiger partial charge in [0.15, 0.2) is 0 Å². The Morgan fingerprint density at radius 3 is 2.41 bits per heavy atom. The maximum absolute atomic E-state index is 12.5. The number of anilines is 1. The first-order chi connectivity index (χ1) is 7.64. The van der Waals surface area contributed by atoms with Crippen molar-refractivity contribution in [2.75, 3.05) is 5.73 Å². The van der Waals surface area contributed by atoms with Gasteiger partial charge < -0.3 is 15.8 Å². The summed E-state index contributed by atoms with van der Waals surface area (Å²) in [4.78, 5) is 12.3. The molecule has 1 aromatic heterocycles. The van der Waals surface area contributed by atoms with Crippen LogP contribution in [0.4, 0.5) is 20.3 Å². The number of nitro groups is 1. The quantitative estimate of drug-likeness (QED) is 0.511. The van der Waals surface area contributed by atoms with Crippen LogP contribution in [0, 0.1) is 10.1 Å². The van der Waals surface area contributed by atoms with E-state index in [0.29, 0.717) is 6.07 Å². The van der Waals surface area contributed by atoms with Gasteiger partial charge in [0, 0.05) is 16.7 Å². The SMILES string of the molecule is Nc1c(C(F)F)cc(S(=O)(=O)Cl)nc1[N+](=O)[O-]. The lowest BCUT2D eigenvalue weighted by Gasteiger charge is -2.04. The lowest BCUT2D eigenvalue weighted by molar-refractivity contribution is -0.389. The Balaban J connectivity index is 3.65. The number of rotatable bonds is 3. The molecule has 0 saturated carbocycles. The van der Waals surface area contributed by atoms with Gasteiger partial charge in [-0.1, -0.05) is 0 Å². The third kappa shape index (κ3) is 2.77. The summed E-state index contributed by atoms with van der Waals surface area (Å²) in [5.41, 5.74) is 3.17. The van der Waals surface area contributed by atoms with E-state index in [9.17, 15) is 27.3 Å². The van der Waals surface area contributed by atoms with Gasteiger partial charge in [-0.15, -0.1) is 0 Å². The maximum atomic E-state index is 12.5. The van der Waals surface area contributed by atoms with Crippen molar-refractivity contribution in [1.82, 2.24) is 4.98 Å². The molecular weight excluding hydrogens is 284 g/mol. The van der Waals surface area contributed by atoms with Gasteiger partial charge in [0.25, 0.3) is 11.5 Å². The highest BCUT2D eigenvalue weighted by Gasteiger charge is 2.29. The number of nitrogens with two attached hydrogens (primary N) is 1. The minimum Gasteiger partial charge on any atom is -0.391 e. The molecule has 2 N–H and O–H groups in total. The zero-order valence-corrected chi connectivity index (χ0v) is 9.37. The molecular formula is C6H4ClF2N3O4S. The van der Waals surface area contributed by atoms with Crippen molar-refractivity contribution in [3.63, 3.8) is 0 Å². The van der Waals surface area contributed by atoms with Gasteiger partial charge in [-0.3, -0.25) is 0 Å². The van der Waals surface area contributed by atoms with Crippen LogP contribution in [0.25, 0.3) is 0 Å². The number of pyridine rings is 1. The molecule has 1 heterocycles. The van der Waals surface area contributed by atoms with Gasteiger partial charge >= 0.3 is 14.9 Å². The van der Waals surface area contributed by atoms with E-state index < -0.39 is 42.5 Å². The summed E-state index contributed by atoms with van der Waals surface area (Å²) in [6.45, 7) is 0. The molecule has 0 amide bonds. The smallest absolute Gasteiger partial charge is 0.388 e. The minimum atomic E-state index is -4.46. The number of halogens is 3. The molecule has 0 saturated heterocycles. The standard InChI is InChI=1S/C6H4ClF2N3O4S/c7-17(15,16)3-1-2(5(8)9)4(10)6(11-3)12(13)14/h1,5H,10H2. The molecule has 1 rings (SSSR count). The van der Waals surface area contributed by atoms with Crippen LogP contribution in [0.2, 0.25) is 0 Å². The summed E-state index contributed by atoms with van der Waals surface area (Å²) < 4.78 is 46.7. The Kier molecular flexibility index (Phi) is 3.48. The molecule has 7 nitrogen and oxygen atoms in total. The lowest BCUT2D eigenvalue weighted by atomic mass is 10.2. The van der Waals surface area contributed by atoms with Crippen molar-refractivity contribution in [3.8, 4) is 0 Å². The van der Waals surface area contributed by atoms with Gasteiger partial charge in [0.05, 0.1) is 5.56 Å². The number of hydrogen-bond donors (Lipinski definition) is 1. The fourth-order valence-electron chi connectivity index (χ4n) is 0.981. The van der Waals surface area contributed by atoms with Crippen molar-refractivity contribution < 1.29 is 22.1 Å².